The van der Waals surface area contributed by atoms with Gasteiger partial charge in [0.25, 0.3) is 5.56 Å². The van der Waals surface area contributed by atoms with Gasteiger partial charge in [0.15, 0.2) is 0 Å². The average Bonchev–Trinajstić information content (AvgIpc) is 2.63. The third-order valence-electron chi connectivity index (χ3n) is 4.46. The smallest absolute Gasteiger partial charge is 0.335 e. The summed E-state index contributed by atoms with van der Waals surface area (Å²) in [7, 11) is 0. The topological polar surface area (TPSA) is 72.2 Å². The zero-order chi connectivity index (χ0) is 17.4. The summed E-state index contributed by atoms with van der Waals surface area (Å²) in [5.41, 5.74) is 2.50. The van der Waals surface area contributed by atoms with Crippen molar-refractivity contribution in [1.82, 2.24) is 9.55 Å². The van der Waals surface area contributed by atoms with Crippen LogP contribution >= 0.6 is 0 Å². The molecule has 4 rings (SSSR count). The number of fused-ring (bicyclic) bond motifs is 2. The van der Waals surface area contributed by atoms with Crippen molar-refractivity contribution in [2.75, 3.05) is 0 Å². The molecule has 124 valence electrons. The molecule has 0 fully saturated rings. The first-order valence-electron chi connectivity index (χ1n) is 8.17. The number of carboxylic acids is 1. The highest BCUT2D eigenvalue weighted by molar-refractivity contribution is 5.93. The second-order valence-corrected chi connectivity index (χ2v) is 6.11. The molecule has 1 aliphatic heterocycles. The molecule has 1 aliphatic rings. The van der Waals surface area contributed by atoms with Gasteiger partial charge in [0.2, 0.25) is 0 Å². The molecule has 0 aliphatic carbocycles. The van der Waals surface area contributed by atoms with Gasteiger partial charge in [-0.15, -0.1) is 0 Å². The molecule has 25 heavy (non-hydrogen) atoms. The van der Waals surface area contributed by atoms with Crippen molar-refractivity contribution in [1.29, 1.82) is 0 Å². The Morgan fingerprint density at radius 1 is 1.16 bits per heavy atom. The van der Waals surface area contributed by atoms with E-state index in [-0.39, 0.29) is 11.1 Å². The fourth-order valence-electron chi connectivity index (χ4n) is 3.23. The van der Waals surface area contributed by atoms with Crippen LogP contribution in [0.4, 0.5) is 0 Å². The minimum Gasteiger partial charge on any atom is -0.478 e. The number of allylic oxidation sites excluding steroid dienone is 1. The molecule has 5 nitrogen and oxygen atoms in total. The summed E-state index contributed by atoms with van der Waals surface area (Å²) in [6, 6.07) is 14.4. The maximum absolute atomic E-state index is 12.8. The van der Waals surface area contributed by atoms with Crippen molar-refractivity contribution in [2.24, 2.45) is 0 Å². The molecule has 2 heterocycles. The Morgan fingerprint density at radius 2 is 1.96 bits per heavy atom. The second-order valence-electron chi connectivity index (χ2n) is 6.11. The van der Waals surface area contributed by atoms with Gasteiger partial charge in [-0.25, -0.2) is 9.78 Å². The molecule has 0 radical (unpaired) electrons. The molecule has 2 aromatic carbocycles. The summed E-state index contributed by atoms with van der Waals surface area (Å²) in [4.78, 5) is 28.6. The van der Waals surface area contributed by atoms with Crippen LogP contribution in [-0.2, 0) is 6.54 Å². The first-order valence-corrected chi connectivity index (χ1v) is 8.17. The third-order valence-corrected chi connectivity index (χ3v) is 4.46. The predicted molar refractivity (Wildman–Crippen MR) is 96.5 cm³/mol. The van der Waals surface area contributed by atoms with E-state index in [1.54, 1.807) is 10.6 Å². The van der Waals surface area contributed by atoms with E-state index in [4.69, 9.17) is 0 Å². The Hall–Kier alpha value is -3.21. The SMILES string of the molecule is O=C(O)c1ccc2c(=O)n3c(nc2c1)/C(=C/c1ccccc1)CCC3. The van der Waals surface area contributed by atoms with Crippen LogP contribution in [-0.4, -0.2) is 20.6 Å². The van der Waals surface area contributed by atoms with E-state index >= 15 is 0 Å². The highest BCUT2D eigenvalue weighted by Gasteiger charge is 2.19. The van der Waals surface area contributed by atoms with Crippen LogP contribution in [0.15, 0.2) is 53.3 Å². The maximum Gasteiger partial charge on any atom is 0.335 e. The number of hydrogen-bond acceptors (Lipinski definition) is 3. The summed E-state index contributed by atoms with van der Waals surface area (Å²) in [6.07, 6.45) is 3.77. The molecule has 0 amide bonds. The number of benzene rings is 2. The summed E-state index contributed by atoms with van der Waals surface area (Å²) in [5, 5.41) is 9.63. The molecule has 0 bridgehead atoms. The monoisotopic (exact) mass is 332 g/mol. The minimum atomic E-state index is -1.03. The largest absolute Gasteiger partial charge is 0.478 e. The zero-order valence-electron chi connectivity index (χ0n) is 13.5. The van der Waals surface area contributed by atoms with Crippen molar-refractivity contribution in [2.45, 2.75) is 19.4 Å². The Morgan fingerprint density at radius 3 is 2.72 bits per heavy atom. The molecular weight excluding hydrogens is 316 g/mol. The number of rotatable bonds is 2. The van der Waals surface area contributed by atoms with Crippen LogP contribution in [0, 0.1) is 0 Å². The highest BCUT2D eigenvalue weighted by Crippen LogP contribution is 2.27. The lowest BCUT2D eigenvalue weighted by molar-refractivity contribution is 0.0697. The summed E-state index contributed by atoms with van der Waals surface area (Å²) in [6.45, 7) is 0.629. The molecule has 1 N–H and O–H groups in total. The van der Waals surface area contributed by atoms with Crippen LogP contribution in [0.2, 0.25) is 0 Å². The van der Waals surface area contributed by atoms with E-state index in [1.165, 1.54) is 12.1 Å². The standard InChI is InChI=1S/C20H16N2O3/c23-19-16-9-8-15(20(24)25)12-17(16)21-18-14(7-4-10-22(18)19)11-13-5-2-1-3-6-13/h1-3,5-6,8-9,11-12H,4,7,10H2,(H,24,25)/b14-11+. The molecule has 3 aromatic rings. The summed E-state index contributed by atoms with van der Waals surface area (Å²) >= 11 is 0. The minimum absolute atomic E-state index is 0.115. The van der Waals surface area contributed by atoms with Crippen LogP contribution < -0.4 is 5.56 Å². The number of carbonyl (C=O) groups is 1. The van der Waals surface area contributed by atoms with Gasteiger partial charge in [-0.05, 0) is 48.3 Å². The van der Waals surface area contributed by atoms with Gasteiger partial charge in [-0.1, -0.05) is 30.3 Å². The van der Waals surface area contributed by atoms with Crippen molar-refractivity contribution >= 4 is 28.5 Å². The summed E-state index contributed by atoms with van der Waals surface area (Å²) in [5.74, 6) is -0.392. The van der Waals surface area contributed by atoms with Gasteiger partial charge in [-0.3, -0.25) is 9.36 Å². The van der Waals surface area contributed by atoms with Crippen molar-refractivity contribution < 1.29 is 9.90 Å². The molecular formula is C20H16N2O3. The van der Waals surface area contributed by atoms with Crippen LogP contribution in [0.3, 0.4) is 0 Å². The van der Waals surface area contributed by atoms with Crippen LogP contribution in [0.1, 0.15) is 34.6 Å². The van der Waals surface area contributed by atoms with Gasteiger partial charge in [0.1, 0.15) is 5.82 Å². The lowest BCUT2D eigenvalue weighted by Gasteiger charge is -2.21. The molecule has 5 heteroatoms. The normalized spacial score (nSPS) is 15.3. The molecule has 0 saturated heterocycles. The Kier molecular flexibility index (Phi) is 3.69. The van der Waals surface area contributed by atoms with Gasteiger partial charge >= 0.3 is 5.97 Å². The summed E-state index contributed by atoms with van der Waals surface area (Å²) < 4.78 is 1.70. The number of hydrogen-bond donors (Lipinski definition) is 1. The second kappa shape index (κ2) is 6.02. The molecule has 0 spiro atoms. The fraction of sp³-hybridized carbons (Fsp3) is 0.150. The number of aromatic nitrogens is 2. The Bertz CT molecular complexity index is 1070. The van der Waals surface area contributed by atoms with Crippen LogP contribution in [0.5, 0.6) is 0 Å². The highest BCUT2D eigenvalue weighted by atomic mass is 16.4. The number of carboxylic acid groups (broad SMARTS) is 1. The lowest BCUT2D eigenvalue weighted by Crippen LogP contribution is -2.28. The van der Waals surface area contributed by atoms with E-state index in [0.717, 1.165) is 24.0 Å². The van der Waals surface area contributed by atoms with Crippen molar-refractivity contribution in [3.05, 3.63) is 75.8 Å². The third kappa shape index (κ3) is 2.74. The quantitative estimate of drug-likeness (QED) is 0.780. The average molecular weight is 332 g/mol. The Balaban J connectivity index is 1.94. The van der Waals surface area contributed by atoms with Crippen molar-refractivity contribution in [3.8, 4) is 0 Å². The van der Waals surface area contributed by atoms with E-state index in [1.807, 2.05) is 36.4 Å². The molecule has 0 saturated carbocycles. The van der Waals surface area contributed by atoms with Crippen molar-refractivity contribution in [3.63, 3.8) is 0 Å². The fourth-order valence-corrected chi connectivity index (χ4v) is 3.23. The molecule has 0 atom stereocenters. The first kappa shape index (κ1) is 15.3. The zero-order valence-corrected chi connectivity index (χ0v) is 13.5. The molecule has 1 aromatic heterocycles. The van der Waals surface area contributed by atoms with Gasteiger partial charge in [0.05, 0.1) is 16.5 Å². The maximum atomic E-state index is 12.8. The first-order chi connectivity index (χ1) is 12.1. The van der Waals surface area contributed by atoms with E-state index in [2.05, 4.69) is 4.98 Å². The lowest BCUT2D eigenvalue weighted by atomic mass is 10.0. The number of nitrogens with zero attached hydrogens (tertiary/aromatic N) is 2. The Labute approximate surface area is 143 Å². The van der Waals surface area contributed by atoms with E-state index < -0.39 is 5.97 Å². The van der Waals surface area contributed by atoms with E-state index in [9.17, 15) is 14.7 Å². The number of aromatic carboxylic acids is 1. The van der Waals surface area contributed by atoms with Crippen LogP contribution in [0.25, 0.3) is 22.6 Å². The van der Waals surface area contributed by atoms with Gasteiger partial charge in [0, 0.05) is 6.54 Å². The van der Waals surface area contributed by atoms with E-state index in [0.29, 0.717) is 23.3 Å². The predicted octanol–water partition coefficient (Wildman–Crippen LogP) is 3.43. The van der Waals surface area contributed by atoms with Gasteiger partial charge < -0.3 is 5.11 Å². The van der Waals surface area contributed by atoms with Gasteiger partial charge in [-0.2, -0.15) is 0 Å². The molecule has 0 unspecified atom stereocenters.